The van der Waals surface area contributed by atoms with Crippen molar-refractivity contribution in [3.05, 3.63) is 60.7 Å². The van der Waals surface area contributed by atoms with Gasteiger partial charge in [-0.25, -0.2) is 0 Å². The van der Waals surface area contributed by atoms with Gasteiger partial charge in [0.05, 0.1) is 0 Å². The van der Waals surface area contributed by atoms with Crippen molar-refractivity contribution in [3.63, 3.8) is 0 Å². The second-order valence-corrected chi connectivity index (χ2v) is 11.1. The van der Waals surface area contributed by atoms with Crippen LogP contribution in [0, 0.1) is 5.92 Å². The normalized spacial score (nSPS) is 22.1. The van der Waals surface area contributed by atoms with Crippen LogP contribution >= 0.6 is 7.92 Å². The van der Waals surface area contributed by atoms with Gasteiger partial charge in [-0.3, -0.25) is 0 Å². The van der Waals surface area contributed by atoms with Gasteiger partial charge in [0.15, 0.2) is 0 Å². The first-order valence-corrected chi connectivity index (χ1v) is 12.7. The molecule has 1 nitrogen and oxygen atoms in total. The molecular formula is C26H38FeNP. The first-order chi connectivity index (χ1) is 13.7. The number of hydrogen-bond donors (Lipinski definition) is 0. The summed E-state index contributed by atoms with van der Waals surface area (Å²) < 4.78 is 0. The molecule has 2 aliphatic carbocycles. The van der Waals surface area contributed by atoms with Crippen LogP contribution < -0.4 is 10.6 Å². The van der Waals surface area contributed by atoms with Crippen LogP contribution in [0.2, 0.25) is 0 Å². The molecule has 0 radical (unpaired) electrons. The number of nitrogens with zero attached hydrogens (tertiary/aromatic N) is 1. The predicted molar refractivity (Wildman–Crippen MR) is 126 cm³/mol. The quantitative estimate of drug-likeness (QED) is 0.387. The van der Waals surface area contributed by atoms with E-state index in [4.69, 9.17) is 0 Å². The van der Waals surface area contributed by atoms with E-state index in [1.165, 1.54) is 62.0 Å². The standard InChI is InChI=1S/C21H28NP.C5H10.Fe/c1-17(22(2)3)20-15-10-16-21(20)23(18-11-6-4-7-12-18)19-13-8-5-9-14-19;1-2-4-5-3-1;/h4-9,11-14,17,20-21H,10,15-16H2,1-3H3;1-5H2;/t17-,20?,21?;;/m1../s1. The second-order valence-electron chi connectivity index (χ2n) is 8.68. The largest absolute Gasteiger partial charge is 0.306 e. The first-order valence-electron chi connectivity index (χ1n) is 11.2. The first kappa shape index (κ1) is 24.6. The molecule has 0 aromatic heterocycles. The van der Waals surface area contributed by atoms with Crippen LogP contribution in [0.1, 0.15) is 58.3 Å². The van der Waals surface area contributed by atoms with Gasteiger partial charge in [0.25, 0.3) is 0 Å². The Labute approximate surface area is 190 Å². The molecule has 0 heterocycles. The SMILES string of the molecule is C1CCCC1.C[C@H](C1CCCC1P(c1ccccc1)c1ccccc1)N(C)C.[Fe]. The van der Waals surface area contributed by atoms with Gasteiger partial charge >= 0.3 is 0 Å². The van der Waals surface area contributed by atoms with Gasteiger partial charge < -0.3 is 4.90 Å². The Bertz CT molecular complexity index is 625. The van der Waals surface area contributed by atoms with Crippen molar-refractivity contribution >= 4 is 18.5 Å². The number of hydrogen-bond acceptors (Lipinski definition) is 1. The van der Waals surface area contributed by atoms with Gasteiger partial charge in [-0.15, -0.1) is 0 Å². The van der Waals surface area contributed by atoms with Crippen molar-refractivity contribution in [2.24, 2.45) is 5.92 Å². The third-order valence-electron chi connectivity index (χ3n) is 6.62. The molecule has 2 fully saturated rings. The summed E-state index contributed by atoms with van der Waals surface area (Å²) >= 11 is 0. The molecule has 160 valence electrons. The van der Waals surface area contributed by atoms with E-state index >= 15 is 0 Å². The maximum Gasteiger partial charge on any atom is 0.00953 e. The summed E-state index contributed by atoms with van der Waals surface area (Å²) in [6, 6.07) is 23.1. The van der Waals surface area contributed by atoms with E-state index in [0.29, 0.717) is 6.04 Å². The fourth-order valence-electron chi connectivity index (χ4n) is 4.83. The topological polar surface area (TPSA) is 3.24 Å². The summed E-state index contributed by atoms with van der Waals surface area (Å²) in [5.74, 6) is 0.802. The Morgan fingerprint density at radius 3 is 1.59 bits per heavy atom. The molecule has 0 spiro atoms. The van der Waals surface area contributed by atoms with E-state index < -0.39 is 0 Å². The molecule has 29 heavy (non-hydrogen) atoms. The van der Waals surface area contributed by atoms with E-state index in [0.717, 1.165) is 11.6 Å². The smallest absolute Gasteiger partial charge is 0.00953 e. The zero-order chi connectivity index (χ0) is 19.8. The van der Waals surface area contributed by atoms with Gasteiger partial charge in [0.1, 0.15) is 0 Å². The Morgan fingerprint density at radius 1 is 0.724 bits per heavy atom. The molecule has 2 unspecified atom stereocenters. The van der Waals surface area contributed by atoms with Crippen molar-refractivity contribution < 1.29 is 17.1 Å². The maximum atomic E-state index is 2.41. The van der Waals surface area contributed by atoms with Crippen LogP contribution in [-0.4, -0.2) is 30.7 Å². The van der Waals surface area contributed by atoms with Gasteiger partial charge in [-0.2, -0.15) is 0 Å². The molecule has 2 aliphatic rings. The van der Waals surface area contributed by atoms with Gasteiger partial charge in [0.2, 0.25) is 0 Å². The average molecular weight is 451 g/mol. The third kappa shape index (κ3) is 6.93. The Hall–Kier alpha value is -0.651. The van der Waals surface area contributed by atoms with Crippen LogP contribution in [0.25, 0.3) is 0 Å². The molecular weight excluding hydrogens is 413 g/mol. The van der Waals surface area contributed by atoms with Crippen LogP contribution in [0.5, 0.6) is 0 Å². The van der Waals surface area contributed by atoms with E-state index in [1.54, 1.807) is 0 Å². The van der Waals surface area contributed by atoms with Crippen molar-refractivity contribution in [3.8, 4) is 0 Å². The number of benzene rings is 2. The minimum absolute atomic E-state index is 0. The molecule has 0 N–H and O–H groups in total. The van der Waals surface area contributed by atoms with Crippen LogP contribution in [0.15, 0.2) is 60.7 Å². The summed E-state index contributed by atoms with van der Waals surface area (Å²) in [6.07, 6.45) is 11.6. The molecule has 3 heteroatoms. The van der Waals surface area contributed by atoms with Crippen molar-refractivity contribution in [1.82, 2.24) is 4.90 Å². The summed E-state index contributed by atoms with van der Waals surface area (Å²) in [6.45, 7) is 2.41. The molecule has 0 bridgehead atoms. The van der Waals surface area contributed by atoms with E-state index in [1.807, 2.05) is 0 Å². The Kier molecular flexibility index (Phi) is 11.0. The van der Waals surface area contributed by atoms with Crippen molar-refractivity contribution in [1.29, 1.82) is 0 Å². The van der Waals surface area contributed by atoms with Crippen molar-refractivity contribution in [2.45, 2.75) is 70.0 Å². The zero-order valence-corrected chi connectivity index (χ0v) is 20.4. The molecule has 2 aromatic rings. The summed E-state index contributed by atoms with van der Waals surface area (Å²) in [7, 11) is 4.18. The Morgan fingerprint density at radius 2 is 1.17 bits per heavy atom. The minimum atomic E-state index is -0.275. The molecule has 3 atom stereocenters. The molecule has 2 aromatic carbocycles. The zero-order valence-electron chi connectivity index (χ0n) is 18.4. The molecule has 0 amide bonds. The summed E-state index contributed by atoms with van der Waals surface area (Å²) in [4.78, 5) is 2.41. The second kappa shape index (κ2) is 12.9. The van der Waals surface area contributed by atoms with E-state index in [9.17, 15) is 0 Å². The van der Waals surface area contributed by atoms with Crippen LogP contribution in [0.3, 0.4) is 0 Å². The third-order valence-corrected chi connectivity index (χ3v) is 9.63. The molecule has 4 rings (SSSR count). The molecule has 0 saturated heterocycles. The summed E-state index contributed by atoms with van der Waals surface area (Å²) in [5, 5.41) is 3.08. The fourth-order valence-corrected chi connectivity index (χ4v) is 8.10. The fraction of sp³-hybridized carbons (Fsp3) is 0.538. The molecule has 2 saturated carbocycles. The van der Waals surface area contributed by atoms with E-state index in [2.05, 4.69) is 86.6 Å². The van der Waals surface area contributed by atoms with Gasteiger partial charge in [-0.05, 0) is 64.0 Å². The summed E-state index contributed by atoms with van der Waals surface area (Å²) in [5.41, 5.74) is 0.798. The van der Waals surface area contributed by atoms with Crippen LogP contribution in [0.4, 0.5) is 0 Å². The average Bonchev–Trinajstić information content (AvgIpc) is 3.45. The Balaban J connectivity index is 0.000000437. The molecule has 0 aliphatic heterocycles. The minimum Gasteiger partial charge on any atom is -0.306 e. The van der Waals surface area contributed by atoms with Gasteiger partial charge in [-0.1, -0.05) is 99.2 Å². The monoisotopic (exact) mass is 451 g/mol. The van der Waals surface area contributed by atoms with Crippen LogP contribution in [-0.2, 0) is 17.1 Å². The number of rotatable bonds is 5. The van der Waals surface area contributed by atoms with Crippen molar-refractivity contribution in [2.75, 3.05) is 14.1 Å². The van der Waals surface area contributed by atoms with Gasteiger partial charge in [0, 0.05) is 23.1 Å². The van der Waals surface area contributed by atoms with E-state index in [-0.39, 0.29) is 25.0 Å². The maximum absolute atomic E-state index is 2.41. The predicted octanol–water partition coefficient (Wildman–Crippen LogP) is 6.19.